The average molecular weight is 347 g/mol. The third-order valence-corrected chi connectivity index (χ3v) is 5.52. The first kappa shape index (κ1) is 19.9. The van der Waals surface area contributed by atoms with Gasteiger partial charge in [0.05, 0.1) is 6.10 Å². The standard InChI is InChI=1S/C21H34N2O2/c1-16(21(2,3)4)13-20(25)22-14-17-7-5-6-8-18(17)15-23-11-9-19(24)10-12-23/h5-8,16,19,24H,9-15H2,1-4H3,(H,22,25). The van der Waals surface area contributed by atoms with Crippen LogP contribution in [0.4, 0.5) is 0 Å². The van der Waals surface area contributed by atoms with Gasteiger partial charge in [0.25, 0.3) is 0 Å². The van der Waals surface area contributed by atoms with Crippen molar-refractivity contribution in [3.63, 3.8) is 0 Å². The van der Waals surface area contributed by atoms with Gasteiger partial charge >= 0.3 is 0 Å². The molecule has 1 aliphatic rings. The summed E-state index contributed by atoms with van der Waals surface area (Å²) in [5.41, 5.74) is 2.60. The monoisotopic (exact) mass is 346 g/mol. The van der Waals surface area contributed by atoms with Gasteiger partial charge in [0.1, 0.15) is 0 Å². The summed E-state index contributed by atoms with van der Waals surface area (Å²) in [6.45, 7) is 12.0. The maximum atomic E-state index is 12.3. The molecule has 1 heterocycles. The molecule has 25 heavy (non-hydrogen) atoms. The van der Waals surface area contributed by atoms with Gasteiger partial charge in [0.15, 0.2) is 0 Å². The molecule has 1 atom stereocenters. The Bertz CT molecular complexity index is 557. The Morgan fingerprint density at radius 3 is 2.44 bits per heavy atom. The number of benzene rings is 1. The highest BCUT2D eigenvalue weighted by atomic mass is 16.3. The SMILES string of the molecule is CC(CC(=O)NCc1ccccc1CN1CCC(O)CC1)C(C)(C)C. The van der Waals surface area contributed by atoms with Gasteiger partial charge in [-0.15, -0.1) is 0 Å². The topological polar surface area (TPSA) is 52.6 Å². The van der Waals surface area contributed by atoms with Gasteiger partial charge in [-0.05, 0) is 35.3 Å². The third kappa shape index (κ3) is 6.44. The van der Waals surface area contributed by atoms with Crippen LogP contribution >= 0.6 is 0 Å². The van der Waals surface area contributed by atoms with E-state index < -0.39 is 0 Å². The van der Waals surface area contributed by atoms with E-state index in [0.717, 1.165) is 32.5 Å². The van der Waals surface area contributed by atoms with E-state index in [9.17, 15) is 9.90 Å². The predicted octanol–water partition coefficient (Wildman–Crippen LogP) is 3.33. The van der Waals surface area contributed by atoms with Gasteiger partial charge in [-0.1, -0.05) is 52.0 Å². The third-order valence-electron chi connectivity index (χ3n) is 5.52. The van der Waals surface area contributed by atoms with E-state index in [0.29, 0.717) is 18.9 Å². The van der Waals surface area contributed by atoms with Crippen molar-refractivity contribution < 1.29 is 9.90 Å². The lowest BCUT2D eigenvalue weighted by atomic mass is 9.80. The van der Waals surface area contributed by atoms with Crippen LogP contribution in [0.2, 0.25) is 0 Å². The molecule has 1 fully saturated rings. The maximum absolute atomic E-state index is 12.3. The maximum Gasteiger partial charge on any atom is 0.220 e. The van der Waals surface area contributed by atoms with Crippen molar-refractivity contribution in [2.45, 2.75) is 66.2 Å². The zero-order valence-electron chi connectivity index (χ0n) is 16.2. The van der Waals surface area contributed by atoms with E-state index in [1.807, 2.05) is 6.07 Å². The van der Waals surface area contributed by atoms with Crippen LogP contribution in [-0.2, 0) is 17.9 Å². The lowest BCUT2D eigenvalue weighted by Crippen LogP contribution is -2.35. The largest absolute Gasteiger partial charge is 0.393 e. The van der Waals surface area contributed by atoms with Crippen LogP contribution in [0.15, 0.2) is 24.3 Å². The summed E-state index contributed by atoms with van der Waals surface area (Å²) in [6.07, 6.45) is 2.12. The summed E-state index contributed by atoms with van der Waals surface area (Å²) in [4.78, 5) is 14.6. The Labute approximate surface area is 152 Å². The van der Waals surface area contributed by atoms with Gasteiger partial charge < -0.3 is 10.4 Å². The lowest BCUT2D eigenvalue weighted by Gasteiger charge is -2.30. The Kier molecular flexibility index (Phi) is 7.03. The summed E-state index contributed by atoms with van der Waals surface area (Å²) in [5, 5.41) is 12.7. The van der Waals surface area contributed by atoms with Crippen LogP contribution in [0.5, 0.6) is 0 Å². The van der Waals surface area contributed by atoms with E-state index in [2.05, 4.69) is 56.1 Å². The second kappa shape index (κ2) is 8.81. The fraction of sp³-hybridized carbons (Fsp3) is 0.667. The van der Waals surface area contributed by atoms with Crippen molar-refractivity contribution in [3.8, 4) is 0 Å². The van der Waals surface area contributed by atoms with Gasteiger partial charge in [0.2, 0.25) is 5.91 Å². The molecule has 0 aliphatic carbocycles. The number of nitrogens with zero attached hydrogens (tertiary/aromatic N) is 1. The number of hydrogen-bond donors (Lipinski definition) is 2. The molecule has 140 valence electrons. The Morgan fingerprint density at radius 1 is 1.24 bits per heavy atom. The molecule has 0 bridgehead atoms. The molecule has 4 nitrogen and oxygen atoms in total. The van der Waals surface area contributed by atoms with Gasteiger partial charge in [0, 0.05) is 32.6 Å². The first-order valence-corrected chi connectivity index (χ1v) is 9.49. The summed E-state index contributed by atoms with van der Waals surface area (Å²) >= 11 is 0. The lowest BCUT2D eigenvalue weighted by molar-refractivity contribution is -0.122. The smallest absolute Gasteiger partial charge is 0.220 e. The molecule has 0 radical (unpaired) electrons. The molecule has 1 aliphatic heterocycles. The minimum atomic E-state index is -0.143. The number of amides is 1. The Balaban J connectivity index is 1.89. The number of piperidine rings is 1. The van der Waals surface area contributed by atoms with Crippen LogP contribution in [0, 0.1) is 11.3 Å². The van der Waals surface area contributed by atoms with Crippen LogP contribution in [0.3, 0.4) is 0 Å². The number of carbonyl (C=O) groups excluding carboxylic acids is 1. The molecular weight excluding hydrogens is 312 g/mol. The molecule has 2 rings (SSSR count). The van der Waals surface area contributed by atoms with Crippen molar-refractivity contribution in [3.05, 3.63) is 35.4 Å². The number of rotatable bonds is 6. The quantitative estimate of drug-likeness (QED) is 0.831. The van der Waals surface area contributed by atoms with Crippen LogP contribution in [0.1, 0.15) is 58.1 Å². The van der Waals surface area contributed by atoms with Crippen molar-refractivity contribution in [1.82, 2.24) is 10.2 Å². The second-order valence-corrected chi connectivity index (χ2v) is 8.52. The summed E-state index contributed by atoms with van der Waals surface area (Å²) < 4.78 is 0. The first-order chi connectivity index (χ1) is 11.8. The summed E-state index contributed by atoms with van der Waals surface area (Å²) in [5.74, 6) is 0.473. The van der Waals surface area contributed by atoms with Crippen LogP contribution < -0.4 is 5.32 Å². The molecule has 1 aromatic carbocycles. The number of aliphatic hydroxyl groups excluding tert-OH is 1. The van der Waals surface area contributed by atoms with Crippen molar-refractivity contribution in [2.75, 3.05) is 13.1 Å². The molecule has 1 saturated heterocycles. The minimum Gasteiger partial charge on any atom is -0.393 e. The predicted molar refractivity (Wildman–Crippen MR) is 102 cm³/mol. The summed E-state index contributed by atoms with van der Waals surface area (Å²) in [7, 11) is 0. The number of hydrogen-bond acceptors (Lipinski definition) is 3. The van der Waals surface area contributed by atoms with Gasteiger partial charge in [-0.25, -0.2) is 0 Å². The van der Waals surface area contributed by atoms with Crippen molar-refractivity contribution in [2.24, 2.45) is 11.3 Å². The van der Waals surface area contributed by atoms with Gasteiger partial charge in [-0.2, -0.15) is 0 Å². The molecule has 4 heteroatoms. The molecule has 0 aromatic heterocycles. The van der Waals surface area contributed by atoms with E-state index in [1.165, 1.54) is 11.1 Å². The second-order valence-electron chi connectivity index (χ2n) is 8.52. The molecule has 0 saturated carbocycles. The van der Waals surface area contributed by atoms with Crippen LogP contribution in [-0.4, -0.2) is 35.1 Å². The summed E-state index contributed by atoms with van der Waals surface area (Å²) in [6, 6.07) is 8.33. The zero-order chi connectivity index (χ0) is 18.4. The molecule has 0 spiro atoms. The molecule has 1 aromatic rings. The molecular formula is C21H34N2O2. The minimum absolute atomic E-state index is 0.123. The zero-order valence-corrected chi connectivity index (χ0v) is 16.2. The fourth-order valence-corrected chi connectivity index (χ4v) is 3.05. The number of likely N-dealkylation sites (tertiary alicyclic amines) is 1. The van der Waals surface area contributed by atoms with Crippen molar-refractivity contribution >= 4 is 5.91 Å². The van der Waals surface area contributed by atoms with E-state index >= 15 is 0 Å². The van der Waals surface area contributed by atoms with E-state index in [-0.39, 0.29) is 17.4 Å². The average Bonchev–Trinajstić information content (AvgIpc) is 2.55. The molecule has 1 unspecified atom stereocenters. The number of aliphatic hydroxyl groups is 1. The number of nitrogens with one attached hydrogen (secondary N) is 1. The normalized spacial score (nSPS) is 18.1. The van der Waals surface area contributed by atoms with E-state index in [1.54, 1.807) is 0 Å². The number of carbonyl (C=O) groups is 1. The fourth-order valence-electron chi connectivity index (χ4n) is 3.05. The van der Waals surface area contributed by atoms with Crippen LogP contribution in [0.25, 0.3) is 0 Å². The highest BCUT2D eigenvalue weighted by Crippen LogP contribution is 2.27. The van der Waals surface area contributed by atoms with Crippen molar-refractivity contribution in [1.29, 1.82) is 0 Å². The van der Waals surface area contributed by atoms with Gasteiger partial charge in [-0.3, -0.25) is 9.69 Å². The van der Waals surface area contributed by atoms with E-state index in [4.69, 9.17) is 0 Å². The highest BCUT2D eigenvalue weighted by molar-refractivity contribution is 5.76. The molecule has 2 N–H and O–H groups in total. The highest BCUT2D eigenvalue weighted by Gasteiger charge is 2.22. The molecule has 1 amide bonds. The Hall–Kier alpha value is -1.39. The first-order valence-electron chi connectivity index (χ1n) is 9.49. The Morgan fingerprint density at radius 2 is 1.84 bits per heavy atom.